The lowest BCUT2D eigenvalue weighted by molar-refractivity contribution is -0.326. The summed E-state index contributed by atoms with van der Waals surface area (Å²) in [4.78, 5) is 13.5. The minimum absolute atomic E-state index is 0.0882. The Labute approximate surface area is 86.4 Å². The fraction of sp³-hybridized carbons (Fsp3) is 0.0909. The fourth-order valence-corrected chi connectivity index (χ4v) is 1.60. The summed E-state index contributed by atoms with van der Waals surface area (Å²) in [5.74, 6) is -0.535. The van der Waals surface area contributed by atoms with E-state index in [4.69, 9.17) is 5.73 Å². The molecule has 0 atom stereocenters. The molecule has 3 N–H and O–H groups in total. The third-order valence-electron chi connectivity index (χ3n) is 2.24. The van der Waals surface area contributed by atoms with Crippen LogP contribution in [0.25, 0.3) is 10.9 Å². The highest BCUT2D eigenvalue weighted by Crippen LogP contribution is 2.16. The first-order valence-electron chi connectivity index (χ1n) is 4.56. The van der Waals surface area contributed by atoms with E-state index in [9.17, 15) is 9.90 Å². The molecule has 0 fully saturated rings. The standard InChI is InChI=1S/C11H10N2O2/c12-10-5-4-8-7(6-11(14)15)2-1-3-9(8)13-10/h1-5H,6H2,(H2,12,13)(H,14,15). The van der Waals surface area contributed by atoms with Crippen LogP contribution < -0.4 is 15.8 Å². The van der Waals surface area contributed by atoms with Gasteiger partial charge in [-0.25, -0.2) is 4.98 Å². The van der Waals surface area contributed by atoms with Gasteiger partial charge in [-0.05, 0) is 17.7 Å². The first kappa shape index (κ1) is 9.45. The molecule has 4 heteroatoms. The van der Waals surface area contributed by atoms with Gasteiger partial charge in [0.05, 0.1) is 0 Å². The molecule has 2 aromatic rings. The average molecular weight is 202 g/mol. The van der Waals surface area contributed by atoms with E-state index in [0.29, 0.717) is 5.82 Å². The van der Waals surface area contributed by atoms with Gasteiger partial charge in [0.15, 0.2) is 0 Å². The van der Waals surface area contributed by atoms with Gasteiger partial charge >= 0.3 is 0 Å². The number of aromatic nitrogens is 1. The number of hydrogen-bond acceptors (Lipinski definition) is 3. The maximum atomic E-state index is 10.5. The number of aromatic amines is 1. The topological polar surface area (TPSA) is 80.3 Å². The van der Waals surface area contributed by atoms with Crippen LogP contribution in [0, 0.1) is 0 Å². The molecule has 1 aromatic heterocycles. The third-order valence-corrected chi connectivity index (χ3v) is 2.24. The highest BCUT2D eigenvalue weighted by atomic mass is 16.4. The van der Waals surface area contributed by atoms with Crippen molar-refractivity contribution in [3.63, 3.8) is 0 Å². The molecule has 0 saturated carbocycles. The summed E-state index contributed by atoms with van der Waals surface area (Å²) in [6.07, 6.45) is -0.0882. The Balaban J connectivity index is 2.60. The summed E-state index contributed by atoms with van der Waals surface area (Å²) < 4.78 is 0. The number of anilines is 1. The minimum atomic E-state index is -1.08. The van der Waals surface area contributed by atoms with Crippen molar-refractivity contribution in [3.05, 3.63) is 35.9 Å². The van der Waals surface area contributed by atoms with Crippen molar-refractivity contribution in [1.29, 1.82) is 0 Å². The maximum absolute atomic E-state index is 10.5. The maximum Gasteiger partial charge on any atom is 0.270 e. The summed E-state index contributed by atoms with van der Waals surface area (Å²) in [5.41, 5.74) is 7.14. The highest BCUT2D eigenvalue weighted by molar-refractivity contribution is 5.84. The first-order chi connectivity index (χ1) is 7.16. The molecule has 1 aromatic carbocycles. The van der Waals surface area contributed by atoms with Crippen molar-refractivity contribution in [2.75, 3.05) is 5.73 Å². The molecule has 0 spiro atoms. The summed E-state index contributed by atoms with van der Waals surface area (Å²) in [5, 5.41) is 11.4. The monoisotopic (exact) mass is 202 g/mol. The molecule has 76 valence electrons. The van der Waals surface area contributed by atoms with Crippen molar-refractivity contribution in [2.45, 2.75) is 6.42 Å². The van der Waals surface area contributed by atoms with E-state index in [0.717, 1.165) is 16.5 Å². The van der Waals surface area contributed by atoms with Crippen LogP contribution in [0.3, 0.4) is 0 Å². The van der Waals surface area contributed by atoms with Gasteiger partial charge in [-0.1, -0.05) is 12.1 Å². The number of nitrogen functional groups attached to an aromatic ring is 1. The zero-order chi connectivity index (χ0) is 10.8. The first-order valence-corrected chi connectivity index (χ1v) is 4.56. The molecular formula is C11H10N2O2. The second-order valence-corrected chi connectivity index (χ2v) is 3.34. The van der Waals surface area contributed by atoms with Crippen molar-refractivity contribution in [2.24, 2.45) is 0 Å². The van der Waals surface area contributed by atoms with Gasteiger partial charge in [0, 0.05) is 23.8 Å². The normalized spacial score (nSPS) is 10.4. The Morgan fingerprint density at radius 2 is 2.13 bits per heavy atom. The van der Waals surface area contributed by atoms with Crippen LogP contribution >= 0.6 is 0 Å². The Kier molecular flexibility index (Phi) is 2.25. The number of carbonyl (C=O) groups is 1. The molecular weight excluding hydrogens is 192 g/mol. The molecule has 4 nitrogen and oxygen atoms in total. The van der Waals surface area contributed by atoms with Gasteiger partial charge in [0.1, 0.15) is 5.52 Å². The number of fused-ring (bicyclic) bond motifs is 1. The Hall–Kier alpha value is -2.10. The number of carboxylic acid groups (broad SMARTS) is 1. The van der Waals surface area contributed by atoms with Crippen LogP contribution in [0.5, 0.6) is 0 Å². The number of pyridine rings is 1. The van der Waals surface area contributed by atoms with Crippen molar-refractivity contribution in [1.82, 2.24) is 0 Å². The van der Waals surface area contributed by atoms with Gasteiger partial charge in [0.2, 0.25) is 0 Å². The zero-order valence-corrected chi connectivity index (χ0v) is 7.99. The predicted molar refractivity (Wildman–Crippen MR) is 53.6 cm³/mol. The van der Waals surface area contributed by atoms with E-state index >= 15 is 0 Å². The van der Waals surface area contributed by atoms with Crippen LogP contribution in [-0.4, -0.2) is 5.97 Å². The van der Waals surface area contributed by atoms with E-state index in [1.807, 2.05) is 6.07 Å². The third kappa shape index (κ3) is 1.88. The Bertz CT molecular complexity index is 523. The number of H-pyrrole nitrogens is 1. The number of nitrogens with one attached hydrogen (secondary N) is 1. The molecule has 2 rings (SSSR count). The van der Waals surface area contributed by atoms with Crippen molar-refractivity contribution in [3.8, 4) is 0 Å². The number of rotatable bonds is 2. The van der Waals surface area contributed by atoms with Crippen LogP contribution in [0.1, 0.15) is 5.56 Å². The van der Waals surface area contributed by atoms with E-state index in [-0.39, 0.29) is 6.42 Å². The van der Waals surface area contributed by atoms with Gasteiger partial charge < -0.3 is 9.90 Å². The summed E-state index contributed by atoms with van der Waals surface area (Å²) >= 11 is 0. The van der Waals surface area contributed by atoms with Gasteiger partial charge in [-0.2, -0.15) is 0 Å². The second kappa shape index (κ2) is 3.57. The quantitative estimate of drug-likeness (QED) is 0.714. The predicted octanol–water partition coefficient (Wildman–Crippen LogP) is -0.472. The lowest BCUT2D eigenvalue weighted by atomic mass is 10.1. The van der Waals surface area contributed by atoms with Gasteiger partial charge in [-0.3, -0.25) is 5.73 Å². The molecule has 0 aliphatic carbocycles. The molecule has 15 heavy (non-hydrogen) atoms. The molecule has 1 heterocycles. The number of hydrogen-bond donors (Lipinski definition) is 1. The molecule has 0 bridgehead atoms. The molecule has 0 unspecified atom stereocenters. The smallest absolute Gasteiger partial charge is 0.270 e. The molecule has 0 amide bonds. The van der Waals surface area contributed by atoms with Crippen LogP contribution in [0.4, 0.5) is 5.82 Å². The molecule has 0 aliphatic heterocycles. The number of aliphatic carboxylic acids is 1. The largest absolute Gasteiger partial charge is 0.550 e. The molecule has 0 saturated heterocycles. The number of nitrogens with two attached hydrogens (primary N) is 1. The average Bonchev–Trinajstić information content (AvgIpc) is 2.16. The lowest BCUT2D eigenvalue weighted by Crippen LogP contribution is -2.24. The zero-order valence-electron chi connectivity index (χ0n) is 7.99. The minimum Gasteiger partial charge on any atom is -0.550 e. The molecule has 0 aliphatic rings. The highest BCUT2D eigenvalue weighted by Gasteiger charge is 2.04. The summed E-state index contributed by atoms with van der Waals surface area (Å²) in [7, 11) is 0. The number of carbonyl (C=O) groups excluding carboxylic acids is 1. The Morgan fingerprint density at radius 1 is 1.33 bits per heavy atom. The summed E-state index contributed by atoms with van der Waals surface area (Å²) in [6, 6.07) is 8.92. The second-order valence-electron chi connectivity index (χ2n) is 3.34. The Morgan fingerprint density at radius 3 is 2.87 bits per heavy atom. The van der Waals surface area contributed by atoms with Crippen molar-refractivity contribution < 1.29 is 14.9 Å². The van der Waals surface area contributed by atoms with Gasteiger partial charge in [0.25, 0.3) is 5.82 Å². The van der Waals surface area contributed by atoms with E-state index in [1.54, 1.807) is 24.3 Å². The number of carboxylic acids is 1. The summed E-state index contributed by atoms with van der Waals surface area (Å²) in [6.45, 7) is 0. The van der Waals surface area contributed by atoms with E-state index in [1.165, 1.54) is 0 Å². The fourth-order valence-electron chi connectivity index (χ4n) is 1.60. The number of benzene rings is 1. The van der Waals surface area contributed by atoms with Crippen LogP contribution in [0.2, 0.25) is 0 Å². The van der Waals surface area contributed by atoms with Gasteiger partial charge in [-0.15, -0.1) is 0 Å². The van der Waals surface area contributed by atoms with Crippen LogP contribution in [-0.2, 0) is 11.2 Å². The lowest BCUT2D eigenvalue weighted by Gasteiger charge is -2.05. The van der Waals surface area contributed by atoms with E-state index in [2.05, 4.69) is 4.98 Å². The SMILES string of the molecule is Nc1ccc2c(CC(=O)[O-])cccc2[nH+]1. The van der Waals surface area contributed by atoms with Crippen molar-refractivity contribution >= 4 is 22.7 Å². The van der Waals surface area contributed by atoms with Crippen LogP contribution in [0.15, 0.2) is 30.3 Å². The molecule has 0 radical (unpaired) electrons. The van der Waals surface area contributed by atoms with E-state index < -0.39 is 5.97 Å².